The van der Waals surface area contributed by atoms with E-state index < -0.39 is 69.2 Å². The van der Waals surface area contributed by atoms with Crippen molar-refractivity contribution in [3.05, 3.63) is 33.9 Å². The topological polar surface area (TPSA) is 208 Å². The second kappa shape index (κ2) is 11.4. The van der Waals surface area contributed by atoms with Crippen LogP contribution in [0.5, 0.6) is 5.75 Å². The van der Waals surface area contributed by atoms with Gasteiger partial charge in [0.2, 0.25) is 0 Å². The number of benzene rings is 1. The summed E-state index contributed by atoms with van der Waals surface area (Å²) in [5.74, 6) is -4.66. The Labute approximate surface area is 204 Å². The molecule has 0 saturated carbocycles. The van der Waals surface area contributed by atoms with Crippen LogP contribution in [-0.4, -0.2) is 57.1 Å². The van der Waals surface area contributed by atoms with E-state index >= 15 is 0 Å². The molecule has 1 fully saturated rings. The Bertz CT molecular complexity index is 1050. The molecule has 2 rings (SSSR count). The van der Waals surface area contributed by atoms with Crippen molar-refractivity contribution in [1.82, 2.24) is 5.06 Å². The molecule has 16 heteroatoms. The van der Waals surface area contributed by atoms with Crippen LogP contribution >= 0.6 is 0 Å². The number of rotatable bonds is 9. The summed E-state index contributed by atoms with van der Waals surface area (Å²) in [7, 11) is -4.84. The van der Waals surface area contributed by atoms with Gasteiger partial charge in [0.1, 0.15) is 5.75 Å². The van der Waals surface area contributed by atoms with Crippen molar-refractivity contribution in [2.75, 3.05) is 0 Å². The molecular weight excluding hydrogens is 467 g/mol. The maximum absolute atomic E-state index is 11.8. The third kappa shape index (κ3) is 7.04. The molecule has 0 aromatic heterocycles. The van der Waals surface area contributed by atoms with Gasteiger partial charge in [-0.15, -0.1) is 5.06 Å². The molecule has 0 aliphatic carbocycles. The van der Waals surface area contributed by atoms with Crippen molar-refractivity contribution in [2.45, 2.75) is 37.5 Å². The Morgan fingerprint density at radius 3 is 2.41 bits per heavy atom. The zero-order valence-electron chi connectivity index (χ0n) is 17.6. The Balaban J connectivity index is 0.00000512. The first kappa shape index (κ1) is 27.6. The number of hydrogen-bond donors (Lipinski definition) is 2. The number of hydroxylamine groups is 2. The van der Waals surface area contributed by atoms with Gasteiger partial charge in [-0.25, -0.2) is 4.79 Å². The van der Waals surface area contributed by atoms with E-state index in [1.54, 1.807) is 0 Å². The number of aliphatic hydroxyl groups excluding tert-OH is 1. The van der Waals surface area contributed by atoms with Gasteiger partial charge in [-0.05, 0) is 18.6 Å². The third-order valence-electron chi connectivity index (χ3n) is 4.03. The van der Waals surface area contributed by atoms with E-state index in [0.29, 0.717) is 0 Å². The fourth-order valence-corrected chi connectivity index (χ4v) is 3.23. The number of esters is 1. The van der Waals surface area contributed by atoms with Crippen LogP contribution in [-0.2, 0) is 40.7 Å². The SMILES string of the molecule is O=C(CCCC(=O)ON1C(=O)CC(S(=O)(=O)O)C1=O)Oc1ccc(CO)c([N+](=O)[O-])c1.[H-].[Na+]. The van der Waals surface area contributed by atoms with Crippen molar-refractivity contribution in [2.24, 2.45) is 0 Å². The summed E-state index contributed by atoms with van der Waals surface area (Å²) in [6, 6.07) is 3.40. The van der Waals surface area contributed by atoms with Gasteiger partial charge < -0.3 is 16.1 Å². The standard InChI is InChI=1S/C16H16N2O12S.Na.H/c19-8-9-4-5-10(6-11(9)18(24)25)29-14(21)2-1-3-15(22)30-17-13(20)7-12(16(17)23)31(26,27)28;;/h4-6,12,19H,1-3,7-8H2,(H,26,27,28);;/q;+1;-1. The molecule has 1 aromatic carbocycles. The van der Waals surface area contributed by atoms with Gasteiger partial charge in [-0.3, -0.25) is 29.1 Å². The average Bonchev–Trinajstić information content (AvgIpc) is 2.96. The van der Waals surface area contributed by atoms with Crippen LogP contribution in [0.1, 0.15) is 32.7 Å². The predicted molar refractivity (Wildman–Crippen MR) is 97.5 cm³/mol. The molecule has 1 saturated heterocycles. The molecule has 1 aliphatic rings. The minimum absolute atomic E-state index is 0. The molecule has 1 heterocycles. The molecule has 2 amide bonds. The Kier molecular flexibility index (Phi) is 9.87. The normalized spacial score (nSPS) is 15.8. The molecule has 0 bridgehead atoms. The van der Waals surface area contributed by atoms with Gasteiger partial charge in [-0.2, -0.15) is 8.42 Å². The number of hydrogen-bond acceptors (Lipinski definition) is 11. The second-order valence-electron chi connectivity index (χ2n) is 6.23. The largest absolute Gasteiger partial charge is 1.00 e. The van der Waals surface area contributed by atoms with Gasteiger partial charge in [-0.1, -0.05) is 0 Å². The van der Waals surface area contributed by atoms with Gasteiger partial charge >= 0.3 is 41.5 Å². The number of carbonyl (C=O) groups is 4. The fourth-order valence-electron chi connectivity index (χ4n) is 2.53. The van der Waals surface area contributed by atoms with Crippen molar-refractivity contribution in [3.63, 3.8) is 0 Å². The summed E-state index contributed by atoms with van der Waals surface area (Å²) in [4.78, 5) is 61.6. The molecule has 0 radical (unpaired) electrons. The molecule has 0 spiro atoms. The van der Waals surface area contributed by atoms with E-state index in [2.05, 4.69) is 4.84 Å². The molecule has 170 valence electrons. The van der Waals surface area contributed by atoms with Crippen LogP contribution in [0.4, 0.5) is 5.69 Å². The molecular formula is C16H17N2NaO12S. The summed E-state index contributed by atoms with van der Waals surface area (Å²) in [5.41, 5.74) is -0.422. The molecule has 1 aliphatic heterocycles. The number of nitro benzene ring substituents is 1. The quantitative estimate of drug-likeness (QED) is 0.0674. The van der Waals surface area contributed by atoms with Crippen molar-refractivity contribution < 1.29 is 82.7 Å². The summed E-state index contributed by atoms with van der Waals surface area (Å²) >= 11 is 0. The monoisotopic (exact) mass is 484 g/mol. The van der Waals surface area contributed by atoms with Crippen LogP contribution < -0.4 is 34.3 Å². The number of ether oxygens (including phenoxy) is 1. The summed E-state index contributed by atoms with van der Waals surface area (Å²) < 4.78 is 35.9. The first-order chi connectivity index (χ1) is 14.4. The number of nitro groups is 1. The first-order valence-corrected chi connectivity index (χ1v) is 10.1. The van der Waals surface area contributed by atoms with E-state index in [1.807, 2.05) is 0 Å². The predicted octanol–water partition coefficient (Wildman–Crippen LogP) is -3.25. The summed E-state index contributed by atoms with van der Waals surface area (Å²) in [6.45, 7) is -0.584. The van der Waals surface area contributed by atoms with Gasteiger partial charge in [0.15, 0.2) is 5.25 Å². The van der Waals surface area contributed by atoms with Crippen LogP contribution in [0.3, 0.4) is 0 Å². The Morgan fingerprint density at radius 1 is 1.25 bits per heavy atom. The maximum Gasteiger partial charge on any atom is 1.00 e. The van der Waals surface area contributed by atoms with E-state index in [9.17, 15) is 37.7 Å². The molecule has 1 atom stereocenters. The first-order valence-electron chi connectivity index (χ1n) is 8.56. The number of aliphatic hydroxyl groups is 1. The summed E-state index contributed by atoms with van der Waals surface area (Å²) in [5, 5.41) is 17.9. The molecule has 2 N–H and O–H groups in total. The minimum Gasteiger partial charge on any atom is -1.00 e. The van der Waals surface area contributed by atoms with Crippen LogP contribution in [0.2, 0.25) is 0 Å². The third-order valence-corrected chi connectivity index (χ3v) is 5.12. The minimum atomic E-state index is -4.84. The summed E-state index contributed by atoms with van der Waals surface area (Å²) in [6.07, 6.45) is -1.81. The van der Waals surface area contributed by atoms with Crippen LogP contribution in [0, 0.1) is 10.1 Å². The van der Waals surface area contributed by atoms with Crippen LogP contribution in [0.15, 0.2) is 18.2 Å². The van der Waals surface area contributed by atoms with Gasteiger partial charge in [0, 0.05) is 12.8 Å². The van der Waals surface area contributed by atoms with E-state index in [1.165, 1.54) is 12.1 Å². The second-order valence-corrected chi connectivity index (χ2v) is 7.83. The van der Waals surface area contributed by atoms with E-state index in [0.717, 1.165) is 6.07 Å². The molecule has 14 nitrogen and oxygen atoms in total. The van der Waals surface area contributed by atoms with Crippen molar-refractivity contribution in [3.8, 4) is 5.75 Å². The molecule has 1 aromatic rings. The number of carbonyl (C=O) groups excluding carboxylic acids is 4. The Hall–Kier alpha value is -2.43. The smallest absolute Gasteiger partial charge is 1.00 e. The average molecular weight is 484 g/mol. The van der Waals surface area contributed by atoms with E-state index in [4.69, 9.17) is 14.4 Å². The zero-order valence-corrected chi connectivity index (χ0v) is 19.4. The van der Waals surface area contributed by atoms with Gasteiger partial charge in [0.05, 0.1) is 29.6 Å². The van der Waals surface area contributed by atoms with E-state index in [-0.39, 0.29) is 60.2 Å². The van der Waals surface area contributed by atoms with Crippen molar-refractivity contribution >= 4 is 39.6 Å². The zero-order chi connectivity index (χ0) is 23.3. The molecule has 1 unspecified atom stereocenters. The molecule has 32 heavy (non-hydrogen) atoms. The van der Waals surface area contributed by atoms with Crippen LogP contribution in [0.25, 0.3) is 0 Å². The van der Waals surface area contributed by atoms with Gasteiger partial charge in [0.25, 0.3) is 27.6 Å². The number of amides is 2. The fraction of sp³-hybridized carbons (Fsp3) is 0.375. The maximum atomic E-state index is 11.8. The number of imide groups is 1. The van der Waals surface area contributed by atoms with Crippen molar-refractivity contribution in [1.29, 1.82) is 0 Å². The Morgan fingerprint density at radius 2 is 1.88 bits per heavy atom. The number of nitrogens with zero attached hydrogens (tertiary/aromatic N) is 2.